The highest BCUT2D eigenvalue weighted by atomic mass is 32.2. The standard InChI is InChI=1S/C24H23FN6O2S/c25-18-3-7-20(8-4-18)31-23-21(13-28-31)24(27-16-26-23)34-15-22(32)29-19-5-1-17(2-6-19)14-30-9-11-33-12-10-30/h1-8,13,16H,9-12,14-15H2,(H,29,32). The molecule has 0 unspecified atom stereocenters. The third-order valence-electron chi connectivity index (χ3n) is 5.49. The number of nitrogens with zero attached hydrogens (tertiary/aromatic N) is 5. The van der Waals surface area contributed by atoms with E-state index in [1.807, 2.05) is 24.3 Å². The number of thioether (sulfide) groups is 1. The number of ether oxygens (including phenoxy) is 1. The van der Waals surface area contributed by atoms with E-state index in [1.165, 1.54) is 35.8 Å². The average molecular weight is 479 g/mol. The van der Waals surface area contributed by atoms with E-state index in [0.717, 1.165) is 43.9 Å². The van der Waals surface area contributed by atoms with Gasteiger partial charge in [0.15, 0.2) is 5.65 Å². The van der Waals surface area contributed by atoms with Crippen molar-refractivity contribution in [2.45, 2.75) is 11.6 Å². The highest BCUT2D eigenvalue weighted by molar-refractivity contribution is 8.00. The van der Waals surface area contributed by atoms with Crippen molar-refractivity contribution in [3.63, 3.8) is 0 Å². The first kappa shape index (κ1) is 22.5. The van der Waals surface area contributed by atoms with Gasteiger partial charge in [0.05, 0.1) is 36.2 Å². The molecular weight excluding hydrogens is 455 g/mol. The van der Waals surface area contributed by atoms with Crippen LogP contribution < -0.4 is 5.32 Å². The molecule has 1 aliphatic rings. The van der Waals surface area contributed by atoms with Gasteiger partial charge in [-0.25, -0.2) is 19.0 Å². The summed E-state index contributed by atoms with van der Waals surface area (Å²) in [5.74, 6) is -0.240. The van der Waals surface area contributed by atoms with Gasteiger partial charge in [0.25, 0.3) is 0 Å². The molecule has 2 aromatic heterocycles. The van der Waals surface area contributed by atoms with E-state index in [9.17, 15) is 9.18 Å². The lowest BCUT2D eigenvalue weighted by Gasteiger charge is -2.26. The minimum absolute atomic E-state index is 0.122. The summed E-state index contributed by atoms with van der Waals surface area (Å²) >= 11 is 1.32. The predicted molar refractivity (Wildman–Crippen MR) is 129 cm³/mol. The van der Waals surface area contributed by atoms with Gasteiger partial charge < -0.3 is 10.1 Å². The lowest BCUT2D eigenvalue weighted by Crippen LogP contribution is -2.35. The van der Waals surface area contributed by atoms with Crippen LogP contribution in [0.2, 0.25) is 0 Å². The molecule has 0 bridgehead atoms. The van der Waals surface area contributed by atoms with Crippen LogP contribution in [0.5, 0.6) is 0 Å². The van der Waals surface area contributed by atoms with Gasteiger partial charge in [0, 0.05) is 25.3 Å². The summed E-state index contributed by atoms with van der Waals surface area (Å²) in [6.45, 7) is 4.31. The Morgan fingerprint density at radius 3 is 2.59 bits per heavy atom. The molecule has 4 aromatic rings. The van der Waals surface area contributed by atoms with Gasteiger partial charge in [-0.3, -0.25) is 9.69 Å². The number of anilines is 1. The molecule has 1 aliphatic heterocycles. The van der Waals surface area contributed by atoms with E-state index < -0.39 is 0 Å². The average Bonchev–Trinajstić information content (AvgIpc) is 3.30. The van der Waals surface area contributed by atoms with Gasteiger partial charge in [0.2, 0.25) is 5.91 Å². The molecule has 34 heavy (non-hydrogen) atoms. The molecule has 1 saturated heterocycles. The summed E-state index contributed by atoms with van der Waals surface area (Å²) in [5.41, 5.74) is 3.25. The molecule has 10 heteroatoms. The number of rotatable bonds is 7. The fourth-order valence-corrected chi connectivity index (χ4v) is 4.51. The predicted octanol–water partition coefficient (Wildman–Crippen LogP) is 3.52. The van der Waals surface area contributed by atoms with Crippen molar-refractivity contribution in [3.05, 3.63) is 72.4 Å². The molecule has 2 aromatic carbocycles. The summed E-state index contributed by atoms with van der Waals surface area (Å²) in [6.07, 6.45) is 3.10. The van der Waals surface area contributed by atoms with Gasteiger partial charge >= 0.3 is 0 Å². The zero-order valence-electron chi connectivity index (χ0n) is 18.4. The van der Waals surface area contributed by atoms with Gasteiger partial charge in [-0.2, -0.15) is 5.10 Å². The lowest BCUT2D eigenvalue weighted by molar-refractivity contribution is -0.113. The van der Waals surface area contributed by atoms with Crippen LogP contribution in [0.4, 0.5) is 10.1 Å². The van der Waals surface area contributed by atoms with Gasteiger partial charge in [-0.15, -0.1) is 0 Å². The lowest BCUT2D eigenvalue weighted by atomic mass is 10.2. The Bertz CT molecular complexity index is 1270. The smallest absolute Gasteiger partial charge is 0.234 e. The first-order chi connectivity index (χ1) is 16.7. The van der Waals surface area contributed by atoms with Gasteiger partial charge in [-0.05, 0) is 42.0 Å². The fourth-order valence-electron chi connectivity index (χ4n) is 3.75. The number of hydrogen-bond acceptors (Lipinski definition) is 7. The Balaban J connectivity index is 1.20. The maximum absolute atomic E-state index is 13.3. The minimum Gasteiger partial charge on any atom is -0.379 e. The Morgan fingerprint density at radius 1 is 1.06 bits per heavy atom. The van der Waals surface area contributed by atoms with Crippen LogP contribution in [0.1, 0.15) is 5.56 Å². The van der Waals surface area contributed by atoms with Crippen LogP contribution >= 0.6 is 11.8 Å². The monoisotopic (exact) mass is 478 g/mol. The second kappa shape index (κ2) is 10.3. The third kappa shape index (κ3) is 5.24. The van der Waals surface area contributed by atoms with E-state index >= 15 is 0 Å². The molecule has 5 rings (SSSR count). The number of carbonyl (C=O) groups excluding carboxylic acids is 1. The minimum atomic E-state index is -0.316. The van der Waals surface area contributed by atoms with E-state index in [0.29, 0.717) is 16.4 Å². The Labute approximate surface area is 200 Å². The Morgan fingerprint density at radius 2 is 1.82 bits per heavy atom. The molecule has 3 heterocycles. The molecule has 1 amide bonds. The summed E-state index contributed by atoms with van der Waals surface area (Å²) < 4.78 is 20.3. The molecule has 0 radical (unpaired) electrons. The number of morpholine rings is 1. The third-order valence-corrected chi connectivity index (χ3v) is 6.49. The number of carbonyl (C=O) groups is 1. The number of halogens is 1. The highest BCUT2D eigenvalue weighted by Crippen LogP contribution is 2.26. The first-order valence-electron chi connectivity index (χ1n) is 10.9. The molecule has 1 N–H and O–H groups in total. The molecule has 1 fully saturated rings. The van der Waals surface area contributed by atoms with Crippen LogP contribution in [-0.4, -0.2) is 62.6 Å². The number of hydrogen-bond donors (Lipinski definition) is 1. The van der Waals surface area contributed by atoms with Crippen LogP contribution in [0, 0.1) is 5.82 Å². The zero-order valence-corrected chi connectivity index (χ0v) is 19.2. The Kier molecular flexibility index (Phi) is 6.79. The van der Waals surface area contributed by atoms with E-state index in [4.69, 9.17) is 4.74 Å². The van der Waals surface area contributed by atoms with Crippen LogP contribution in [0.3, 0.4) is 0 Å². The normalized spacial score (nSPS) is 14.4. The zero-order chi connectivity index (χ0) is 23.3. The van der Waals surface area contributed by atoms with Crippen molar-refractivity contribution in [1.82, 2.24) is 24.6 Å². The van der Waals surface area contributed by atoms with Gasteiger partial charge in [-0.1, -0.05) is 23.9 Å². The molecule has 0 aliphatic carbocycles. The van der Waals surface area contributed by atoms with Crippen molar-refractivity contribution >= 4 is 34.4 Å². The molecular formula is C24H23FN6O2S. The molecule has 0 saturated carbocycles. The molecule has 8 nitrogen and oxygen atoms in total. The topological polar surface area (TPSA) is 85.2 Å². The maximum atomic E-state index is 13.3. The first-order valence-corrected chi connectivity index (χ1v) is 11.9. The van der Waals surface area contributed by atoms with Crippen molar-refractivity contribution < 1.29 is 13.9 Å². The van der Waals surface area contributed by atoms with Crippen molar-refractivity contribution in [3.8, 4) is 5.69 Å². The number of amides is 1. The van der Waals surface area contributed by atoms with Crippen LogP contribution in [0.15, 0.2) is 66.1 Å². The second-order valence-electron chi connectivity index (χ2n) is 7.87. The largest absolute Gasteiger partial charge is 0.379 e. The number of benzene rings is 2. The fraction of sp³-hybridized carbons (Fsp3) is 0.250. The molecule has 174 valence electrons. The van der Waals surface area contributed by atoms with Crippen LogP contribution in [-0.2, 0) is 16.1 Å². The summed E-state index contributed by atoms with van der Waals surface area (Å²) in [5, 5.41) is 8.70. The van der Waals surface area contributed by atoms with Crippen LogP contribution in [0.25, 0.3) is 16.7 Å². The van der Waals surface area contributed by atoms with Gasteiger partial charge in [0.1, 0.15) is 17.2 Å². The summed E-state index contributed by atoms with van der Waals surface area (Å²) in [4.78, 5) is 23.5. The maximum Gasteiger partial charge on any atom is 0.234 e. The van der Waals surface area contributed by atoms with E-state index in [1.54, 1.807) is 23.0 Å². The molecule has 0 spiro atoms. The van der Waals surface area contributed by atoms with Crippen molar-refractivity contribution in [2.24, 2.45) is 0 Å². The SMILES string of the molecule is O=C(CSc1ncnc2c1cnn2-c1ccc(F)cc1)Nc1ccc(CN2CCOCC2)cc1. The second-order valence-corrected chi connectivity index (χ2v) is 8.84. The highest BCUT2D eigenvalue weighted by Gasteiger charge is 2.14. The summed E-state index contributed by atoms with van der Waals surface area (Å²) in [6, 6.07) is 13.9. The number of nitrogens with one attached hydrogen (secondary N) is 1. The van der Waals surface area contributed by atoms with E-state index in [-0.39, 0.29) is 17.5 Å². The summed E-state index contributed by atoms with van der Waals surface area (Å²) in [7, 11) is 0. The van der Waals surface area contributed by atoms with Crippen molar-refractivity contribution in [2.75, 3.05) is 37.4 Å². The van der Waals surface area contributed by atoms with Crippen molar-refractivity contribution in [1.29, 1.82) is 0 Å². The quantitative estimate of drug-likeness (QED) is 0.321. The molecule has 0 atom stereocenters. The Hall–Kier alpha value is -3.34. The number of fused-ring (bicyclic) bond motifs is 1. The van der Waals surface area contributed by atoms with E-state index in [2.05, 4.69) is 25.3 Å². The number of aromatic nitrogens is 4.